The molecule has 0 radical (unpaired) electrons. The van der Waals surface area contributed by atoms with E-state index >= 15 is 0 Å². The molecule has 4 heteroatoms. The van der Waals surface area contributed by atoms with E-state index in [-0.39, 0.29) is 5.97 Å². The Hall–Kier alpha value is -0.610. The summed E-state index contributed by atoms with van der Waals surface area (Å²) in [5.41, 5.74) is -0.549. The number of nitrogens with one attached hydrogen (secondary N) is 1. The van der Waals surface area contributed by atoms with Gasteiger partial charge in [0.2, 0.25) is 0 Å². The quantitative estimate of drug-likeness (QED) is 0.639. The molecule has 4 nitrogen and oxygen atoms in total. The van der Waals surface area contributed by atoms with E-state index in [0.29, 0.717) is 0 Å². The molecule has 0 bridgehead atoms. The van der Waals surface area contributed by atoms with Gasteiger partial charge in [-0.25, -0.2) is 0 Å². The molecule has 0 spiro atoms. The zero-order valence-corrected chi connectivity index (χ0v) is 12.3. The fraction of sp³-hybridized carbons (Fsp3) is 0.929. The first-order valence-corrected chi connectivity index (χ1v) is 7.14. The summed E-state index contributed by atoms with van der Waals surface area (Å²) in [5.74, 6) is -0.150. The number of ether oxygens (including phenoxy) is 1. The number of carbonyl (C=O) groups excluding carboxylic acids is 1. The third-order valence-corrected chi connectivity index (χ3v) is 3.77. The van der Waals surface area contributed by atoms with Crippen molar-refractivity contribution in [3.8, 4) is 0 Å². The smallest absolute Gasteiger partial charge is 0.325 e. The molecule has 0 amide bonds. The van der Waals surface area contributed by atoms with Crippen molar-refractivity contribution >= 4 is 5.97 Å². The molecule has 0 heterocycles. The lowest BCUT2D eigenvalue weighted by atomic mass is 9.97. The maximum Gasteiger partial charge on any atom is 0.325 e. The second-order valence-corrected chi connectivity index (χ2v) is 5.36. The van der Waals surface area contributed by atoms with Crippen molar-refractivity contribution in [3.05, 3.63) is 0 Å². The first-order valence-electron chi connectivity index (χ1n) is 7.14. The summed E-state index contributed by atoms with van der Waals surface area (Å²) in [6.07, 6.45) is 4.45. The molecule has 0 aromatic carbocycles. The molecule has 1 fully saturated rings. The van der Waals surface area contributed by atoms with Crippen LogP contribution in [-0.2, 0) is 9.53 Å². The summed E-state index contributed by atoms with van der Waals surface area (Å²) in [6.45, 7) is 9.12. The second-order valence-electron chi connectivity index (χ2n) is 5.36. The normalized spacial score (nSPS) is 18.7. The number of esters is 1. The highest BCUT2D eigenvalue weighted by Crippen LogP contribution is 2.27. The van der Waals surface area contributed by atoms with Crippen LogP contribution in [0.15, 0.2) is 0 Å². The van der Waals surface area contributed by atoms with Crippen LogP contribution in [0.1, 0.15) is 46.5 Å². The van der Waals surface area contributed by atoms with Crippen LogP contribution in [0.4, 0.5) is 0 Å². The van der Waals surface area contributed by atoms with E-state index in [2.05, 4.69) is 24.1 Å². The summed E-state index contributed by atoms with van der Waals surface area (Å²) in [6, 6.07) is 0.753. The van der Waals surface area contributed by atoms with E-state index in [1.165, 1.54) is 20.0 Å². The molecule has 1 aliphatic rings. The van der Waals surface area contributed by atoms with Gasteiger partial charge in [0.25, 0.3) is 0 Å². The monoisotopic (exact) mass is 256 g/mol. The summed E-state index contributed by atoms with van der Waals surface area (Å²) < 4.78 is 4.93. The highest BCUT2D eigenvalue weighted by molar-refractivity contribution is 5.80. The molecule has 0 aromatic heterocycles. The largest absolute Gasteiger partial charge is 0.468 e. The zero-order valence-electron chi connectivity index (χ0n) is 12.3. The number of methoxy groups -OCH3 is 1. The molecule has 106 valence electrons. The van der Waals surface area contributed by atoms with Crippen molar-refractivity contribution in [3.63, 3.8) is 0 Å². The molecule has 1 rings (SSSR count). The van der Waals surface area contributed by atoms with Crippen molar-refractivity contribution in [2.75, 3.05) is 26.7 Å². The number of hydrogen-bond acceptors (Lipinski definition) is 4. The minimum Gasteiger partial charge on any atom is -0.468 e. The summed E-state index contributed by atoms with van der Waals surface area (Å²) in [5, 5.41) is 3.33. The third kappa shape index (κ3) is 4.25. The minimum atomic E-state index is -0.549. The highest BCUT2D eigenvalue weighted by Gasteiger charge is 2.35. The Morgan fingerprint density at radius 2 is 2.11 bits per heavy atom. The van der Waals surface area contributed by atoms with Crippen LogP contribution < -0.4 is 5.32 Å². The molecule has 1 saturated carbocycles. The SMILES string of the molecule is CCCNC(C)(CCN(CC)C1CC1)C(=O)OC. The van der Waals surface area contributed by atoms with Crippen LogP contribution in [0.3, 0.4) is 0 Å². The standard InChI is InChI=1S/C14H28N2O2/c1-5-10-15-14(3,13(17)18-4)9-11-16(6-2)12-7-8-12/h12,15H,5-11H2,1-4H3. The van der Waals surface area contributed by atoms with E-state index in [0.717, 1.165) is 38.5 Å². The second kappa shape index (κ2) is 7.10. The van der Waals surface area contributed by atoms with Gasteiger partial charge >= 0.3 is 5.97 Å². The summed E-state index contributed by atoms with van der Waals surface area (Å²) in [4.78, 5) is 14.4. The van der Waals surface area contributed by atoms with Gasteiger partial charge in [-0.05, 0) is 45.7 Å². The lowest BCUT2D eigenvalue weighted by Gasteiger charge is -2.31. The average molecular weight is 256 g/mol. The molecule has 1 atom stereocenters. The van der Waals surface area contributed by atoms with E-state index in [9.17, 15) is 4.79 Å². The van der Waals surface area contributed by atoms with Gasteiger partial charge in [0.15, 0.2) is 0 Å². The number of rotatable bonds is 9. The Balaban J connectivity index is 2.51. The molecule has 1 unspecified atom stereocenters. The first-order chi connectivity index (χ1) is 8.57. The molecule has 1 N–H and O–H groups in total. The number of nitrogens with zero attached hydrogens (tertiary/aromatic N) is 1. The van der Waals surface area contributed by atoms with Crippen molar-refractivity contribution in [2.45, 2.75) is 58.0 Å². The van der Waals surface area contributed by atoms with Gasteiger partial charge in [0.1, 0.15) is 5.54 Å². The Labute approximate surface area is 111 Å². The number of hydrogen-bond donors (Lipinski definition) is 1. The zero-order chi connectivity index (χ0) is 13.6. The van der Waals surface area contributed by atoms with E-state index < -0.39 is 5.54 Å². The Kier molecular flexibility index (Phi) is 6.09. The predicted molar refractivity (Wildman–Crippen MR) is 73.6 cm³/mol. The number of carbonyl (C=O) groups is 1. The van der Waals surface area contributed by atoms with Gasteiger partial charge in [-0.15, -0.1) is 0 Å². The average Bonchev–Trinajstić information content (AvgIpc) is 3.20. The molecule has 1 aliphatic carbocycles. The third-order valence-electron chi connectivity index (χ3n) is 3.77. The Bertz CT molecular complexity index is 267. The van der Waals surface area contributed by atoms with Crippen LogP contribution in [-0.4, -0.2) is 49.2 Å². The molecule has 0 aliphatic heterocycles. The lowest BCUT2D eigenvalue weighted by Crippen LogP contribution is -2.52. The molecular weight excluding hydrogens is 228 g/mol. The summed E-state index contributed by atoms with van der Waals surface area (Å²) in [7, 11) is 1.46. The van der Waals surface area contributed by atoms with Gasteiger partial charge in [0, 0.05) is 12.6 Å². The van der Waals surface area contributed by atoms with Gasteiger partial charge in [-0.3, -0.25) is 4.79 Å². The van der Waals surface area contributed by atoms with Crippen LogP contribution >= 0.6 is 0 Å². The summed E-state index contributed by atoms with van der Waals surface area (Å²) >= 11 is 0. The fourth-order valence-electron chi connectivity index (χ4n) is 2.29. The maximum absolute atomic E-state index is 11.9. The Morgan fingerprint density at radius 3 is 2.56 bits per heavy atom. The van der Waals surface area contributed by atoms with Crippen molar-refractivity contribution in [2.24, 2.45) is 0 Å². The highest BCUT2D eigenvalue weighted by atomic mass is 16.5. The Morgan fingerprint density at radius 1 is 1.44 bits per heavy atom. The van der Waals surface area contributed by atoms with Crippen LogP contribution in [0, 0.1) is 0 Å². The van der Waals surface area contributed by atoms with E-state index in [4.69, 9.17) is 4.74 Å². The van der Waals surface area contributed by atoms with Crippen molar-refractivity contribution in [1.82, 2.24) is 10.2 Å². The van der Waals surface area contributed by atoms with Gasteiger partial charge < -0.3 is 15.0 Å². The van der Waals surface area contributed by atoms with Crippen molar-refractivity contribution in [1.29, 1.82) is 0 Å². The van der Waals surface area contributed by atoms with Gasteiger partial charge in [-0.2, -0.15) is 0 Å². The predicted octanol–water partition coefficient (Wildman–Crippen LogP) is 1.79. The first kappa shape index (κ1) is 15.4. The van der Waals surface area contributed by atoms with Crippen molar-refractivity contribution < 1.29 is 9.53 Å². The fourth-order valence-corrected chi connectivity index (χ4v) is 2.29. The van der Waals surface area contributed by atoms with Gasteiger partial charge in [-0.1, -0.05) is 13.8 Å². The minimum absolute atomic E-state index is 0.150. The van der Waals surface area contributed by atoms with E-state index in [1.54, 1.807) is 0 Å². The molecule has 18 heavy (non-hydrogen) atoms. The van der Waals surface area contributed by atoms with Crippen LogP contribution in [0.5, 0.6) is 0 Å². The van der Waals surface area contributed by atoms with Crippen LogP contribution in [0.2, 0.25) is 0 Å². The maximum atomic E-state index is 11.9. The van der Waals surface area contributed by atoms with E-state index in [1.807, 2.05) is 6.92 Å². The molecule has 0 aromatic rings. The molecular formula is C14H28N2O2. The van der Waals surface area contributed by atoms with Gasteiger partial charge in [0.05, 0.1) is 7.11 Å². The topological polar surface area (TPSA) is 41.6 Å². The molecule has 0 saturated heterocycles. The van der Waals surface area contributed by atoms with Crippen LogP contribution in [0.25, 0.3) is 0 Å². The lowest BCUT2D eigenvalue weighted by molar-refractivity contribution is -0.148.